The molecule has 2 bridgehead atoms. The molecule has 2 unspecified atom stereocenters. The first-order chi connectivity index (χ1) is 30.3. The first-order valence-corrected chi connectivity index (χ1v) is 28.7. The van der Waals surface area contributed by atoms with E-state index in [1.54, 1.807) is 30.3 Å². The number of ketones is 1. The lowest BCUT2D eigenvalue weighted by molar-refractivity contribution is -0.344. The van der Waals surface area contributed by atoms with Crippen LogP contribution in [0.2, 0.25) is 36.3 Å². The number of epoxide rings is 1. The summed E-state index contributed by atoms with van der Waals surface area (Å²) >= 11 is 0. The molecular weight excluding hydrogens is 849 g/mol. The molecule has 2 heterocycles. The fourth-order valence-corrected chi connectivity index (χ4v) is 17.6. The van der Waals surface area contributed by atoms with Gasteiger partial charge in [-0.05, 0) is 79.0 Å². The molecule has 7 rings (SSSR count). The van der Waals surface area contributed by atoms with Crippen molar-refractivity contribution in [1.29, 1.82) is 0 Å². The van der Waals surface area contributed by atoms with Gasteiger partial charge >= 0.3 is 17.9 Å². The molecule has 11 atom stereocenters. The van der Waals surface area contributed by atoms with Crippen molar-refractivity contribution in [2.75, 3.05) is 6.61 Å². The van der Waals surface area contributed by atoms with Gasteiger partial charge in [0.25, 0.3) is 0 Å². The van der Waals surface area contributed by atoms with Crippen molar-refractivity contribution in [3.8, 4) is 0 Å². The van der Waals surface area contributed by atoms with Crippen LogP contribution in [0, 0.1) is 16.7 Å². The van der Waals surface area contributed by atoms with E-state index in [2.05, 4.69) is 41.5 Å². The van der Waals surface area contributed by atoms with Gasteiger partial charge in [-0.1, -0.05) is 104 Å². The van der Waals surface area contributed by atoms with Gasteiger partial charge in [0, 0.05) is 25.2 Å². The summed E-state index contributed by atoms with van der Waals surface area (Å²) in [4.78, 5) is 59.2. The van der Waals surface area contributed by atoms with E-state index >= 15 is 4.79 Å². The summed E-state index contributed by atoms with van der Waals surface area (Å²) in [5, 5.41) is 14.2. The van der Waals surface area contributed by atoms with Gasteiger partial charge in [0.05, 0.1) is 29.6 Å². The maximum absolute atomic E-state index is 16.8. The Morgan fingerprint density at radius 3 is 1.91 bits per heavy atom. The summed E-state index contributed by atoms with van der Waals surface area (Å²) in [5.74, 6) is -3.46. The van der Waals surface area contributed by atoms with Crippen molar-refractivity contribution in [3.63, 3.8) is 0 Å². The van der Waals surface area contributed by atoms with E-state index in [0.717, 1.165) is 41.8 Å². The van der Waals surface area contributed by atoms with Gasteiger partial charge < -0.3 is 37.6 Å². The van der Waals surface area contributed by atoms with Crippen molar-refractivity contribution >= 4 is 40.3 Å². The molecule has 350 valence electrons. The highest BCUT2D eigenvalue weighted by atomic mass is 28.4. The number of benzene rings is 2. The monoisotopic (exact) mass is 918 g/mol. The zero-order chi connectivity index (χ0) is 46.6. The molecule has 2 aliphatic heterocycles. The number of fused-ring (bicyclic) bond motifs is 5. The Kier molecular flexibility index (Phi) is 13.6. The maximum atomic E-state index is 16.8. The van der Waals surface area contributed by atoms with Gasteiger partial charge in [0.15, 0.2) is 34.1 Å². The molecule has 14 heteroatoms. The smallest absolute Gasteiger partial charge is 0.339 e. The molecule has 0 amide bonds. The average molecular weight is 919 g/mol. The molecule has 0 radical (unpaired) electrons. The van der Waals surface area contributed by atoms with Crippen LogP contribution in [0.15, 0.2) is 71.8 Å². The second kappa shape index (κ2) is 17.9. The third kappa shape index (κ3) is 7.80. The minimum absolute atomic E-state index is 0.103. The van der Waals surface area contributed by atoms with E-state index in [-0.39, 0.29) is 30.8 Å². The van der Waals surface area contributed by atoms with Crippen LogP contribution >= 0.6 is 0 Å². The minimum atomic E-state index is -2.69. The van der Waals surface area contributed by atoms with Crippen LogP contribution in [0.5, 0.6) is 0 Å². The molecule has 5 aliphatic rings. The summed E-state index contributed by atoms with van der Waals surface area (Å²) in [6, 6.07) is 22.5. The van der Waals surface area contributed by atoms with E-state index in [0.29, 0.717) is 11.1 Å². The molecular formula is C50H70O12Si2. The van der Waals surface area contributed by atoms with E-state index in [1.807, 2.05) is 58.0 Å². The molecule has 2 saturated carbocycles. The number of hydrogen-bond acceptors (Lipinski definition) is 12. The average Bonchev–Trinajstić information content (AvgIpc) is 4.10. The van der Waals surface area contributed by atoms with Crippen LogP contribution in [-0.4, -0.2) is 99.9 Å². The Labute approximate surface area is 381 Å². The first kappa shape index (κ1) is 48.4. The van der Waals surface area contributed by atoms with Crippen LogP contribution in [0.4, 0.5) is 0 Å². The Morgan fingerprint density at radius 1 is 0.812 bits per heavy atom. The number of ether oxygens (including phenoxy) is 5. The molecule has 2 saturated heterocycles. The SMILES string of the molecule is CC[Si](CC)(CC)O[C@H]1C(=O)[C@]2(C)[C@@H](O[Si](CC)(CC)CC)C[C@H]3OC[C@@]3(OC(C)=O)[C@H]2[C@H](OC(=O)c2ccccc2)[C@]2(O)C[C@H](OC(=O)C3OC3c3ccccc3)C(C)=C1C2(C)C. The largest absolute Gasteiger partial charge is 0.456 e. The number of Topliss-reactive ketones (excluding diaryl/α,β-unsaturated/α-hetero) is 1. The fraction of sp³-hybridized carbons (Fsp3) is 0.640. The minimum Gasteiger partial charge on any atom is -0.456 e. The van der Waals surface area contributed by atoms with E-state index in [4.69, 9.17) is 32.5 Å². The molecule has 12 nitrogen and oxygen atoms in total. The molecule has 1 N–H and O–H groups in total. The predicted octanol–water partition coefficient (Wildman–Crippen LogP) is 8.83. The normalized spacial score (nSPS) is 34.3. The van der Waals surface area contributed by atoms with Crippen molar-refractivity contribution in [3.05, 3.63) is 82.9 Å². The fourth-order valence-electron chi connectivity index (χ4n) is 11.9. The van der Waals surface area contributed by atoms with Gasteiger partial charge in [0.2, 0.25) is 0 Å². The second-order valence-corrected chi connectivity index (χ2v) is 29.1. The Bertz CT molecular complexity index is 2090. The van der Waals surface area contributed by atoms with Crippen LogP contribution < -0.4 is 0 Å². The first-order valence-electron chi connectivity index (χ1n) is 23.6. The van der Waals surface area contributed by atoms with Gasteiger partial charge in [-0.25, -0.2) is 9.59 Å². The summed E-state index contributed by atoms with van der Waals surface area (Å²) in [6.07, 6.45) is -6.75. The lowest BCUT2D eigenvalue weighted by Crippen LogP contribution is -2.82. The van der Waals surface area contributed by atoms with Crippen LogP contribution in [0.3, 0.4) is 0 Å². The third-order valence-corrected chi connectivity index (χ3v) is 25.9. The van der Waals surface area contributed by atoms with E-state index < -0.39 is 105 Å². The Morgan fingerprint density at radius 2 is 1.38 bits per heavy atom. The summed E-state index contributed by atoms with van der Waals surface area (Å²) in [6.45, 7) is 21.3. The molecule has 0 spiro atoms. The van der Waals surface area contributed by atoms with Gasteiger partial charge in [0.1, 0.15) is 36.1 Å². The van der Waals surface area contributed by atoms with E-state index in [1.165, 1.54) is 6.92 Å². The van der Waals surface area contributed by atoms with E-state index in [9.17, 15) is 19.5 Å². The highest BCUT2D eigenvalue weighted by Crippen LogP contribution is 2.65. The highest BCUT2D eigenvalue weighted by Gasteiger charge is 2.79. The molecule has 0 aromatic heterocycles. The van der Waals surface area contributed by atoms with Crippen molar-refractivity contribution < 1.29 is 56.8 Å². The number of carbonyl (C=O) groups excluding carboxylic acids is 4. The van der Waals surface area contributed by atoms with Crippen molar-refractivity contribution in [2.45, 2.75) is 179 Å². The highest BCUT2D eigenvalue weighted by molar-refractivity contribution is 6.74. The molecule has 64 heavy (non-hydrogen) atoms. The lowest BCUT2D eigenvalue weighted by Gasteiger charge is -2.68. The molecule has 3 aliphatic carbocycles. The van der Waals surface area contributed by atoms with Crippen LogP contribution in [0.1, 0.15) is 111 Å². The Hall–Kier alpha value is -3.51. The van der Waals surface area contributed by atoms with Crippen molar-refractivity contribution in [2.24, 2.45) is 16.7 Å². The van der Waals surface area contributed by atoms with Crippen LogP contribution in [0.25, 0.3) is 0 Å². The molecule has 2 aromatic rings. The topological polar surface area (TPSA) is 156 Å². The van der Waals surface area contributed by atoms with Gasteiger partial charge in [-0.3, -0.25) is 9.59 Å². The van der Waals surface area contributed by atoms with Gasteiger partial charge in [-0.15, -0.1) is 0 Å². The zero-order valence-corrected chi connectivity index (χ0v) is 41.7. The maximum Gasteiger partial charge on any atom is 0.339 e. The molecule has 2 aromatic carbocycles. The summed E-state index contributed by atoms with van der Waals surface area (Å²) in [7, 11) is -5.21. The molecule has 4 fully saturated rings. The lowest BCUT2D eigenvalue weighted by atomic mass is 9.44. The standard InChI is InChI=1S/C50H70O12Si2/c1-12-63(13-2,14-3)61-36-28-37-49(30-56-37,60-32(8)51)42-44(59-45(53)34-26-22-19-23-27-34)50(55)29-35(57-46(54)41-39(58-41)33-24-20-18-21-25-33)31(7)38(47(50,9)10)40(43(52)48(36,42)11)62-64(15-4,16-5)17-6/h18-27,35-37,39-42,44,55H,12-17,28-30H2,1-11H3/t35-,36-,37+,39?,40+,41?,42-,44-,48+,49-,50+/m0/s1. The third-order valence-electron chi connectivity index (χ3n) is 16.6. The number of esters is 3. The Balaban J connectivity index is 1.51. The van der Waals surface area contributed by atoms with Crippen molar-refractivity contribution in [1.82, 2.24) is 0 Å². The number of carbonyl (C=O) groups is 4. The summed E-state index contributed by atoms with van der Waals surface area (Å²) < 4.78 is 47.0. The number of hydrogen-bond donors (Lipinski definition) is 1. The number of aliphatic hydroxyl groups is 1. The summed E-state index contributed by atoms with van der Waals surface area (Å²) in [5.41, 5.74) is -4.40. The predicted molar refractivity (Wildman–Crippen MR) is 245 cm³/mol. The van der Waals surface area contributed by atoms with Gasteiger partial charge in [-0.2, -0.15) is 0 Å². The quantitative estimate of drug-likeness (QED) is 0.0562. The van der Waals surface area contributed by atoms with Crippen LogP contribution in [-0.2, 0) is 46.9 Å². The number of rotatable bonds is 16. The second-order valence-electron chi connectivity index (χ2n) is 19.7. The zero-order valence-electron chi connectivity index (χ0n) is 39.7.